The van der Waals surface area contributed by atoms with Crippen molar-refractivity contribution < 1.29 is 14.6 Å². The maximum atomic E-state index is 12.3. The first-order valence-corrected chi connectivity index (χ1v) is 12.1. The van der Waals surface area contributed by atoms with E-state index in [2.05, 4.69) is 37.2 Å². The number of halogens is 2. The second-order valence-corrected chi connectivity index (χ2v) is 4.21. The van der Waals surface area contributed by atoms with Gasteiger partial charge in [-0.25, -0.2) is 0 Å². The van der Waals surface area contributed by atoms with Gasteiger partial charge in [0.1, 0.15) is 23.3 Å². The number of phenols is 2. The number of rotatable bonds is 1. The van der Waals surface area contributed by atoms with Crippen LogP contribution < -0.4 is 5.43 Å². The first-order valence-electron chi connectivity index (χ1n) is 5.83. The lowest BCUT2D eigenvalue weighted by Gasteiger charge is -2.03. The van der Waals surface area contributed by atoms with Gasteiger partial charge in [0.15, 0.2) is 5.43 Å². The van der Waals surface area contributed by atoms with Gasteiger partial charge in [-0.3, -0.25) is 4.79 Å². The maximum absolute atomic E-state index is 12.3. The number of hydrogen-bond donors (Lipinski definition) is 2. The molecule has 0 amide bonds. The lowest BCUT2D eigenvalue weighted by molar-refractivity contribution is 0.473. The van der Waals surface area contributed by atoms with Gasteiger partial charge in [0, 0.05) is 43.3 Å². The highest BCUT2D eigenvalue weighted by Gasteiger charge is 2.09. The number of hydrogen-bond acceptors (Lipinski definition) is 4. The van der Waals surface area contributed by atoms with E-state index in [0.717, 1.165) is 0 Å². The smallest absolute Gasteiger partial charge is 0.200 e. The van der Waals surface area contributed by atoms with Gasteiger partial charge in [0.2, 0.25) is 0 Å². The molecule has 0 unspecified atom stereocenters. The summed E-state index contributed by atoms with van der Waals surface area (Å²) in [5.74, 6) is 0.187. The molecule has 1 heterocycles. The molecule has 2 aromatic carbocycles. The molecule has 0 aliphatic carbocycles. The number of benzene rings is 2. The van der Waals surface area contributed by atoms with Crippen molar-refractivity contribution in [3.8, 4) is 22.6 Å². The summed E-state index contributed by atoms with van der Waals surface area (Å²) >= 11 is 4.24. The van der Waals surface area contributed by atoms with Gasteiger partial charge in [0.25, 0.3) is 0 Å². The van der Waals surface area contributed by atoms with Crippen molar-refractivity contribution in [3.05, 3.63) is 59.0 Å². The third kappa shape index (κ3) is 3.49. The van der Waals surface area contributed by atoms with Gasteiger partial charge in [-0.15, -0.1) is 0 Å². The average Bonchev–Trinajstić information content (AvgIpc) is 2.51. The molecule has 2 N–H and O–H groups in total. The molecule has 4 nitrogen and oxygen atoms in total. The van der Waals surface area contributed by atoms with Gasteiger partial charge in [-0.1, -0.05) is 12.1 Å². The average molecular weight is 508 g/mol. The van der Waals surface area contributed by atoms with E-state index in [0.29, 0.717) is 22.1 Å². The Morgan fingerprint density at radius 1 is 0.905 bits per heavy atom. The molecule has 0 aliphatic heterocycles. The summed E-state index contributed by atoms with van der Waals surface area (Å²) in [6.07, 6.45) is 1.36. The quantitative estimate of drug-likeness (QED) is 0.471. The van der Waals surface area contributed by atoms with Crippen molar-refractivity contribution in [1.82, 2.24) is 0 Å². The summed E-state index contributed by atoms with van der Waals surface area (Å²) in [4.78, 5) is 12.3. The van der Waals surface area contributed by atoms with Crippen LogP contribution in [0.25, 0.3) is 22.1 Å². The Labute approximate surface area is 143 Å². The minimum atomic E-state index is -0.174. The lowest BCUT2D eigenvalue weighted by atomic mass is 10.1. The molecule has 21 heavy (non-hydrogen) atoms. The molecular weight excluding hydrogens is 498 g/mol. The second-order valence-electron chi connectivity index (χ2n) is 4.21. The second kappa shape index (κ2) is 7.12. The number of phenolic OH excluding ortho intramolecular Hbond substituents is 2. The van der Waals surface area contributed by atoms with Crippen LogP contribution in [-0.2, 0) is 0 Å². The van der Waals surface area contributed by atoms with Crippen LogP contribution in [0.15, 0.2) is 57.9 Å². The first kappa shape index (κ1) is 16.1. The predicted octanol–water partition coefficient (Wildman–Crippen LogP) is 4.64. The van der Waals surface area contributed by atoms with E-state index < -0.39 is 0 Å². The van der Waals surface area contributed by atoms with Crippen LogP contribution in [-0.4, -0.2) is 10.2 Å². The van der Waals surface area contributed by atoms with E-state index in [9.17, 15) is 15.0 Å². The Kier molecular flexibility index (Phi) is 5.45. The molecule has 0 saturated carbocycles. The molecule has 0 fully saturated rings. The van der Waals surface area contributed by atoms with Crippen LogP contribution >= 0.6 is 37.2 Å². The fourth-order valence-electron chi connectivity index (χ4n) is 1.96. The molecule has 0 spiro atoms. The molecule has 6 heteroatoms. The van der Waals surface area contributed by atoms with Gasteiger partial charge in [-0.2, -0.15) is 0 Å². The van der Waals surface area contributed by atoms with E-state index in [1.54, 1.807) is 12.1 Å². The summed E-state index contributed by atoms with van der Waals surface area (Å²) in [7, 11) is 0. The monoisotopic (exact) mass is 508 g/mol. The number of fused-ring (bicyclic) bond motifs is 1. The van der Waals surface area contributed by atoms with Crippen molar-refractivity contribution in [2.24, 2.45) is 0 Å². The molecule has 1 aromatic heterocycles. The summed E-state index contributed by atoms with van der Waals surface area (Å²) in [5.41, 5.74) is 1.25. The highest BCUT2D eigenvalue weighted by atomic mass is 128. The SMILES string of the molecule is II.O=c1c(-c2ccc(O)cc2)coc2cc(O)ccc12. The molecule has 108 valence electrons. The van der Waals surface area contributed by atoms with E-state index >= 15 is 0 Å². The van der Waals surface area contributed by atoms with E-state index in [1.165, 1.54) is 36.6 Å². The Balaban J connectivity index is 0.000000774. The summed E-state index contributed by atoms with van der Waals surface area (Å²) in [6, 6.07) is 10.7. The van der Waals surface area contributed by atoms with Crippen molar-refractivity contribution >= 4 is 48.2 Å². The van der Waals surface area contributed by atoms with Crippen LogP contribution in [0, 0.1) is 0 Å². The minimum absolute atomic E-state index is 0.0491. The lowest BCUT2D eigenvalue weighted by Crippen LogP contribution is -2.04. The third-order valence-electron chi connectivity index (χ3n) is 2.94. The Bertz CT molecular complexity index is 810. The molecule has 3 aromatic rings. The van der Waals surface area contributed by atoms with Gasteiger partial charge in [-0.05, 0) is 29.8 Å². The highest BCUT2D eigenvalue weighted by Crippen LogP contribution is 2.23. The van der Waals surface area contributed by atoms with Gasteiger partial charge < -0.3 is 14.6 Å². The van der Waals surface area contributed by atoms with Crippen molar-refractivity contribution in [3.63, 3.8) is 0 Å². The molecule has 0 bridgehead atoms. The van der Waals surface area contributed by atoms with Crippen molar-refractivity contribution in [2.45, 2.75) is 0 Å². The fourth-order valence-corrected chi connectivity index (χ4v) is 1.96. The van der Waals surface area contributed by atoms with E-state index in [4.69, 9.17) is 4.42 Å². The zero-order valence-corrected chi connectivity index (χ0v) is 14.9. The molecule has 3 rings (SSSR count). The van der Waals surface area contributed by atoms with Crippen LogP contribution in [0.2, 0.25) is 0 Å². The van der Waals surface area contributed by atoms with Gasteiger partial charge in [0.05, 0.1) is 10.9 Å². The maximum Gasteiger partial charge on any atom is 0.200 e. The molecule has 0 saturated heterocycles. The minimum Gasteiger partial charge on any atom is -0.508 e. The standard InChI is InChI=1S/C15H10O4.I2/c16-10-3-1-9(2-4-10)13-8-19-14-7-11(17)5-6-12(14)15(13)18;1-2/h1-8,16-17H;. The van der Waals surface area contributed by atoms with Crippen LogP contribution in [0.5, 0.6) is 11.5 Å². The van der Waals surface area contributed by atoms with E-state index in [-0.39, 0.29) is 16.9 Å². The summed E-state index contributed by atoms with van der Waals surface area (Å²) in [6.45, 7) is 0. The molecular formula is C15H10I2O4. The highest BCUT2D eigenvalue weighted by molar-refractivity contribution is 15.0. The Morgan fingerprint density at radius 2 is 1.52 bits per heavy atom. The Morgan fingerprint density at radius 3 is 2.19 bits per heavy atom. The topological polar surface area (TPSA) is 70.7 Å². The van der Waals surface area contributed by atoms with Crippen LogP contribution in [0.1, 0.15) is 0 Å². The van der Waals surface area contributed by atoms with Crippen molar-refractivity contribution in [1.29, 1.82) is 0 Å². The summed E-state index contributed by atoms with van der Waals surface area (Å²) < 4.78 is 5.37. The zero-order valence-electron chi connectivity index (χ0n) is 10.6. The Hall–Kier alpha value is -1.29. The predicted molar refractivity (Wildman–Crippen MR) is 99.3 cm³/mol. The molecule has 0 radical (unpaired) electrons. The third-order valence-corrected chi connectivity index (χ3v) is 2.94. The molecule has 0 atom stereocenters. The number of aromatic hydroxyl groups is 2. The van der Waals surface area contributed by atoms with Crippen molar-refractivity contribution in [2.75, 3.05) is 0 Å². The zero-order chi connectivity index (χ0) is 15.4. The van der Waals surface area contributed by atoms with Crippen LogP contribution in [0.3, 0.4) is 0 Å². The van der Waals surface area contributed by atoms with Gasteiger partial charge >= 0.3 is 0 Å². The normalized spacial score (nSPS) is 10.0. The molecule has 0 aliphatic rings. The van der Waals surface area contributed by atoms with E-state index in [1.807, 2.05) is 0 Å². The summed E-state index contributed by atoms with van der Waals surface area (Å²) in [5, 5.41) is 19.0. The van der Waals surface area contributed by atoms with Crippen LogP contribution in [0.4, 0.5) is 0 Å². The fraction of sp³-hybridized carbons (Fsp3) is 0. The first-order chi connectivity index (χ1) is 10.1. The largest absolute Gasteiger partial charge is 0.508 e.